The van der Waals surface area contributed by atoms with Crippen molar-refractivity contribution in [1.82, 2.24) is 4.98 Å². The largest absolute Gasteiger partial charge is 0.490 e. The average molecular weight is 257 g/mol. The minimum absolute atomic E-state index is 0.0195. The first-order valence-corrected chi connectivity index (χ1v) is 6.03. The fourth-order valence-corrected chi connectivity index (χ4v) is 1.84. The SMILES string of the molecule is CC(C)Oc1ccccc1-c1cnccc1C(=O)O. The second-order valence-electron chi connectivity index (χ2n) is 4.39. The summed E-state index contributed by atoms with van der Waals surface area (Å²) in [5.74, 6) is -0.315. The molecule has 0 aliphatic heterocycles. The zero-order valence-electron chi connectivity index (χ0n) is 10.8. The maximum Gasteiger partial charge on any atom is 0.336 e. The number of hydrogen-bond donors (Lipinski definition) is 1. The molecule has 0 amide bonds. The number of hydrogen-bond acceptors (Lipinski definition) is 3. The molecule has 0 bridgehead atoms. The van der Waals surface area contributed by atoms with E-state index >= 15 is 0 Å². The summed E-state index contributed by atoms with van der Waals surface area (Å²) in [7, 11) is 0. The number of rotatable bonds is 4. The maximum atomic E-state index is 11.3. The lowest BCUT2D eigenvalue weighted by Gasteiger charge is -2.15. The van der Waals surface area contributed by atoms with Gasteiger partial charge in [-0.3, -0.25) is 4.98 Å². The molecular weight excluding hydrogens is 242 g/mol. The molecule has 0 fully saturated rings. The molecule has 2 rings (SSSR count). The molecule has 1 aromatic heterocycles. The van der Waals surface area contributed by atoms with Gasteiger partial charge in [-0.1, -0.05) is 18.2 Å². The molecule has 1 heterocycles. The fourth-order valence-electron chi connectivity index (χ4n) is 1.84. The van der Waals surface area contributed by atoms with E-state index < -0.39 is 5.97 Å². The number of carboxylic acids is 1. The summed E-state index contributed by atoms with van der Waals surface area (Å²) < 4.78 is 5.71. The van der Waals surface area contributed by atoms with Gasteiger partial charge in [-0.15, -0.1) is 0 Å². The number of nitrogens with zero attached hydrogens (tertiary/aromatic N) is 1. The van der Waals surface area contributed by atoms with Gasteiger partial charge in [0.25, 0.3) is 0 Å². The highest BCUT2D eigenvalue weighted by atomic mass is 16.5. The van der Waals surface area contributed by atoms with E-state index in [-0.39, 0.29) is 11.7 Å². The highest BCUT2D eigenvalue weighted by Gasteiger charge is 2.15. The third kappa shape index (κ3) is 2.91. The normalized spacial score (nSPS) is 10.5. The second-order valence-corrected chi connectivity index (χ2v) is 4.39. The van der Waals surface area contributed by atoms with E-state index in [1.807, 2.05) is 38.1 Å². The first-order valence-electron chi connectivity index (χ1n) is 6.03. The highest BCUT2D eigenvalue weighted by molar-refractivity contribution is 5.96. The number of aromatic nitrogens is 1. The Kier molecular flexibility index (Phi) is 3.80. The Morgan fingerprint density at radius 3 is 2.63 bits per heavy atom. The monoisotopic (exact) mass is 257 g/mol. The molecule has 4 heteroatoms. The summed E-state index contributed by atoms with van der Waals surface area (Å²) in [5, 5.41) is 9.23. The van der Waals surface area contributed by atoms with E-state index in [4.69, 9.17) is 4.74 Å². The van der Waals surface area contributed by atoms with Gasteiger partial charge >= 0.3 is 5.97 Å². The molecule has 0 aliphatic rings. The number of aromatic carboxylic acids is 1. The number of carbonyl (C=O) groups is 1. The minimum Gasteiger partial charge on any atom is -0.490 e. The molecule has 1 N–H and O–H groups in total. The molecule has 1 aromatic carbocycles. The molecular formula is C15H15NO3. The number of carboxylic acid groups (broad SMARTS) is 1. The molecule has 2 aromatic rings. The number of benzene rings is 1. The van der Waals surface area contributed by atoms with Gasteiger partial charge in [0.05, 0.1) is 11.7 Å². The van der Waals surface area contributed by atoms with Crippen LogP contribution < -0.4 is 4.74 Å². The van der Waals surface area contributed by atoms with Crippen molar-refractivity contribution < 1.29 is 14.6 Å². The van der Waals surface area contributed by atoms with E-state index in [1.165, 1.54) is 12.3 Å². The Hall–Kier alpha value is -2.36. The van der Waals surface area contributed by atoms with E-state index in [2.05, 4.69) is 4.98 Å². The number of para-hydroxylation sites is 1. The minimum atomic E-state index is -0.975. The zero-order chi connectivity index (χ0) is 13.8. The van der Waals surface area contributed by atoms with E-state index in [0.29, 0.717) is 11.3 Å². The first kappa shape index (κ1) is 13.1. The summed E-state index contributed by atoms with van der Waals surface area (Å²) >= 11 is 0. The van der Waals surface area contributed by atoms with Gasteiger partial charge in [0, 0.05) is 23.5 Å². The van der Waals surface area contributed by atoms with Crippen LogP contribution in [0.5, 0.6) is 5.75 Å². The molecule has 4 nitrogen and oxygen atoms in total. The van der Waals surface area contributed by atoms with Gasteiger partial charge in [-0.2, -0.15) is 0 Å². The number of ether oxygens (including phenoxy) is 1. The molecule has 19 heavy (non-hydrogen) atoms. The molecule has 0 saturated carbocycles. The lowest BCUT2D eigenvalue weighted by Crippen LogP contribution is -2.07. The van der Waals surface area contributed by atoms with E-state index in [0.717, 1.165) is 5.56 Å². The summed E-state index contributed by atoms with van der Waals surface area (Å²) in [4.78, 5) is 15.3. The Morgan fingerprint density at radius 2 is 1.95 bits per heavy atom. The van der Waals surface area contributed by atoms with Gasteiger partial charge < -0.3 is 9.84 Å². The van der Waals surface area contributed by atoms with Crippen molar-refractivity contribution >= 4 is 5.97 Å². The Morgan fingerprint density at radius 1 is 1.21 bits per heavy atom. The van der Waals surface area contributed by atoms with Gasteiger partial charge in [0.15, 0.2) is 0 Å². The first-order chi connectivity index (χ1) is 9.09. The van der Waals surface area contributed by atoms with Crippen molar-refractivity contribution in [2.24, 2.45) is 0 Å². The Bertz CT molecular complexity index is 593. The molecule has 0 aliphatic carbocycles. The predicted molar refractivity (Wildman–Crippen MR) is 72.4 cm³/mol. The molecule has 98 valence electrons. The van der Waals surface area contributed by atoms with Crippen molar-refractivity contribution in [3.05, 3.63) is 48.3 Å². The van der Waals surface area contributed by atoms with Crippen LogP contribution in [0.15, 0.2) is 42.7 Å². The van der Waals surface area contributed by atoms with Crippen molar-refractivity contribution in [3.8, 4) is 16.9 Å². The van der Waals surface area contributed by atoms with Crippen LogP contribution in [0, 0.1) is 0 Å². The molecule has 0 unspecified atom stereocenters. The predicted octanol–water partition coefficient (Wildman–Crippen LogP) is 3.23. The van der Waals surface area contributed by atoms with Gasteiger partial charge in [-0.05, 0) is 26.0 Å². The smallest absolute Gasteiger partial charge is 0.336 e. The van der Waals surface area contributed by atoms with Crippen LogP contribution in [0.1, 0.15) is 24.2 Å². The molecule has 0 saturated heterocycles. The summed E-state index contributed by atoms with van der Waals surface area (Å²) in [6.07, 6.45) is 3.04. The van der Waals surface area contributed by atoms with Crippen molar-refractivity contribution in [2.45, 2.75) is 20.0 Å². The third-order valence-corrected chi connectivity index (χ3v) is 2.59. The van der Waals surface area contributed by atoms with E-state index in [9.17, 15) is 9.90 Å². The van der Waals surface area contributed by atoms with Gasteiger partial charge in [0.2, 0.25) is 0 Å². The molecule has 0 radical (unpaired) electrons. The average Bonchev–Trinajstić information content (AvgIpc) is 2.38. The lowest BCUT2D eigenvalue weighted by atomic mass is 10.0. The molecule has 0 atom stereocenters. The topological polar surface area (TPSA) is 59.4 Å². The summed E-state index contributed by atoms with van der Waals surface area (Å²) in [5.41, 5.74) is 1.52. The van der Waals surface area contributed by atoms with Gasteiger partial charge in [0.1, 0.15) is 5.75 Å². The van der Waals surface area contributed by atoms with E-state index in [1.54, 1.807) is 6.20 Å². The lowest BCUT2D eigenvalue weighted by molar-refractivity contribution is 0.0697. The van der Waals surface area contributed by atoms with Crippen LogP contribution in [0.2, 0.25) is 0 Å². The zero-order valence-corrected chi connectivity index (χ0v) is 10.8. The Balaban J connectivity index is 2.56. The van der Waals surface area contributed by atoms with Crippen molar-refractivity contribution in [1.29, 1.82) is 0 Å². The van der Waals surface area contributed by atoms with Crippen LogP contribution >= 0.6 is 0 Å². The van der Waals surface area contributed by atoms with Crippen LogP contribution in [0.3, 0.4) is 0 Å². The van der Waals surface area contributed by atoms with Gasteiger partial charge in [-0.25, -0.2) is 4.79 Å². The standard InChI is InChI=1S/C15H15NO3/c1-10(2)19-14-6-4-3-5-11(14)13-9-16-8-7-12(13)15(17)18/h3-10H,1-2H3,(H,17,18). The highest BCUT2D eigenvalue weighted by Crippen LogP contribution is 2.32. The maximum absolute atomic E-state index is 11.3. The Labute approximate surface area is 111 Å². The van der Waals surface area contributed by atoms with Crippen LogP contribution in [-0.4, -0.2) is 22.2 Å². The second kappa shape index (κ2) is 5.52. The van der Waals surface area contributed by atoms with Crippen LogP contribution in [0.4, 0.5) is 0 Å². The quantitative estimate of drug-likeness (QED) is 0.913. The third-order valence-electron chi connectivity index (χ3n) is 2.59. The fraction of sp³-hybridized carbons (Fsp3) is 0.200. The summed E-state index contributed by atoms with van der Waals surface area (Å²) in [6, 6.07) is 8.86. The summed E-state index contributed by atoms with van der Waals surface area (Å²) in [6.45, 7) is 3.86. The number of pyridine rings is 1. The van der Waals surface area contributed by atoms with Crippen LogP contribution in [-0.2, 0) is 0 Å². The van der Waals surface area contributed by atoms with Crippen LogP contribution in [0.25, 0.3) is 11.1 Å². The molecule has 0 spiro atoms. The van der Waals surface area contributed by atoms with Crippen molar-refractivity contribution in [3.63, 3.8) is 0 Å². The van der Waals surface area contributed by atoms with Crippen molar-refractivity contribution in [2.75, 3.05) is 0 Å².